The third-order valence-corrected chi connectivity index (χ3v) is 16.4. The molecule has 0 N–H and O–H groups in total. The lowest BCUT2D eigenvalue weighted by Gasteiger charge is -2.19. The van der Waals surface area contributed by atoms with E-state index in [1.807, 2.05) is 177 Å². The Morgan fingerprint density at radius 3 is 1.60 bits per heavy atom. The van der Waals surface area contributed by atoms with Gasteiger partial charge in [0, 0.05) is 71.3 Å². The molecule has 0 amide bonds. The third-order valence-electron chi connectivity index (χ3n) is 13.6. The third kappa shape index (κ3) is 14.3. The van der Waals surface area contributed by atoms with Gasteiger partial charge in [-0.3, -0.25) is 24.0 Å². The number of hydrogen-bond donors (Lipinski definition) is 0. The van der Waals surface area contributed by atoms with Crippen LogP contribution in [-0.2, 0) is 6.42 Å². The van der Waals surface area contributed by atoms with E-state index in [2.05, 4.69) is 95.4 Å². The average molecular weight is 1320 g/mol. The van der Waals surface area contributed by atoms with Crippen molar-refractivity contribution in [2.24, 2.45) is 0 Å². The topological polar surface area (TPSA) is 108 Å². The van der Waals surface area contributed by atoms with E-state index < -0.39 is 0 Å². The molecule has 0 atom stereocenters. The van der Waals surface area contributed by atoms with Crippen LogP contribution in [0.1, 0.15) is 102 Å². The number of carbonyl (C=O) groups is 4. The molecule has 7 nitrogen and oxygen atoms in total. The van der Waals surface area contributed by atoms with Crippen LogP contribution in [0.5, 0.6) is 5.75 Å². The number of aryl methyl sites for hydroxylation is 2. The predicted molar refractivity (Wildman–Crippen MR) is 347 cm³/mol. The van der Waals surface area contributed by atoms with Gasteiger partial charge in [0.15, 0.2) is 28.9 Å². The van der Waals surface area contributed by atoms with E-state index in [0.29, 0.717) is 41.8 Å². The zero-order valence-electron chi connectivity index (χ0n) is 45.4. The van der Waals surface area contributed by atoms with Gasteiger partial charge in [0.1, 0.15) is 14.9 Å². The van der Waals surface area contributed by atoms with Crippen LogP contribution in [0.2, 0.25) is 0 Å². The van der Waals surface area contributed by atoms with E-state index in [1.165, 1.54) is 10.5 Å². The van der Waals surface area contributed by atoms with E-state index in [0.717, 1.165) is 85.4 Å². The summed E-state index contributed by atoms with van der Waals surface area (Å²) < 4.78 is 13.0. The normalized spacial score (nSPS) is 11.2. The Morgan fingerprint density at radius 1 is 0.500 bits per heavy atom. The highest BCUT2D eigenvalue weighted by Crippen LogP contribution is 2.34. The fraction of sp³-hybridized carbons (Fsp3) is 0.0972. The molecule has 10 heteroatoms. The molecule has 1 aliphatic heterocycles. The van der Waals surface area contributed by atoms with Crippen LogP contribution in [0.25, 0.3) is 33.4 Å². The van der Waals surface area contributed by atoms with Crippen molar-refractivity contribution in [3.05, 3.63) is 310 Å². The molecule has 0 saturated heterocycles. The molecule has 9 aromatic carbocycles. The van der Waals surface area contributed by atoms with Gasteiger partial charge in [-0.25, -0.2) is 0 Å². The summed E-state index contributed by atoms with van der Waals surface area (Å²) in [5, 5.41) is 1.00. The number of unbranched alkanes of at least 4 members (excludes halogenated alkanes) is 1. The number of ether oxygens (including phenoxy) is 1. The van der Waals surface area contributed by atoms with Gasteiger partial charge in [0.05, 0.1) is 10.2 Å². The van der Waals surface area contributed by atoms with Gasteiger partial charge < -0.3 is 9.15 Å². The van der Waals surface area contributed by atoms with Gasteiger partial charge >= 0.3 is 0 Å². The number of halogens is 2. The monoisotopic (exact) mass is 1320 g/mol. The molecule has 0 fully saturated rings. The maximum absolute atomic E-state index is 12.5. The molecule has 0 bridgehead atoms. The molecule has 0 unspecified atom stereocenters. The molecule has 82 heavy (non-hydrogen) atoms. The largest absolute Gasteiger partial charge is 0.493 e. The standard InChI is InChI=1S/C20H16OS.C19H14O.C17H14I2O3.C16H12O2/c1-15-7-11-18(12-8-15)22-19-13-9-17(10-14-19)20(21)16-5-3-2-4-6-16;20-19(17-9-5-2-6-10-17)18-13-11-16(12-14-18)15-7-3-1-4-8-15;1-2-3-6-21-12-5-4-10-7-11-8-13(18)16(20)15(19)17(11)22-14(10)9-12;1-2-10-6-5-9-13-14(10)16(18)12-8-4-3-7-11(12)15(13)17/h2-14H,1H3;1-14H;4-5,7-9H,2-3,6H2,1H3;3-9H,2H2,1H3. The predicted octanol–water partition coefficient (Wildman–Crippen LogP) is 18.3. The summed E-state index contributed by atoms with van der Waals surface area (Å²) in [6.45, 7) is 6.91. The number of benzene rings is 10. The summed E-state index contributed by atoms with van der Waals surface area (Å²) in [4.78, 5) is 63.9. The Bertz CT molecular complexity index is 4050. The lowest BCUT2D eigenvalue weighted by atomic mass is 9.81. The molecular formula is C72H56I2O7S. The average Bonchev–Trinajstić information content (AvgIpc) is 3.73. The molecule has 12 rings (SSSR count). The second-order valence-electron chi connectivity index (χ2n) is 19.2. The van der Waals surface area contributed by atoms with Crippen molar-refractivity contribution in [2.75, 3.05) is 6.61 Å². The minimum Gasteiger partial charge on any atom is -0.493 e. The Hall–Kier alpha value is -8.04. The van der Waals surface area contributed by atoms with E-state index >= 15 is 0 Å². The first-order chi connectivity index (χ1) is 39.9. The van der Waals surface area contributed by atoms with Crippen molar-refractivity contribution >= 4 is 91.0 Å². The van der Waals surface area contributed by atoms with Crippen molar-refractivity contribution in [1.82, 2.24) is 0 Å². The number of hydrogen-bond acceptors (Lipinski definition) is 8. The maximum Gasteiger partial charge on any atom is 0.209 e. The van der Waals surface area contributed by atoms with Crippen LogP contribution in [0.15, 0.2) is 256 Å². The zero-order chi connectivity index (χ0) is 57.5. The number of ketones is 4. The molecule has 0 saturated carbocycles. The summed E-state index contributed by atoms with van der Waals surface area (Å²) in [7, 11) is 0. The van der Waals surface area contributed by atoms with Gasteiger partial charge in [-0.15, -0.1) is 0 Å². The Morgan fingerprint density at radius 2 is 1.01 bits per heavy atom. The van der Waals surface area contributed by atoms with Crippen molar-refractivity contribution in [2.45, 2.75) is 49.8 Å². The van der Waals surface area contributed by atoms with Crippen molar-refractivity contribution in [3.8, 4) is 28.2 Å². The van der Waals surface area contributed by atoms with Crippen LogP contribution in [0, 0.1) is 14.1 Å². The first-order valence-corrected chi connectivity index (χ1v) is 29.9. The van der Waals surface area contributed by atoms with E-state index in [4.69, 9.17) is 9.15 Å². The maximum atomic E-state index is 12.5. The molecule has 0 radical (unpaired) electrons. The highest BCUT2D eigenvalue weighted by Gasteiger charge is 2.30. The number of rotatable bonds is 12. The van der Waals surface area contributed by atoms with Gasteiger partial charge in [0.2, 0.25) is 5.43 Å². The lowest BCUT2D eigenvalue weighted by Crippen LogP contribution is -2.22. The number of fused-ring (bicyclic) bond motifs is 4. The SMILES string of the molecule is CCCCOc1ccc2cc3cc(I)c(=O)c(I)c-3oc2c1.CCc1cccc2c1C(=O)c1ccccc1C2=O.Cc1ccc(Sc2ccc(C(=O)c3ccccc3)cc2)cc1.O=C(c1ccccc1)c1ccc(-c2ccccc2)cc1. The number of carbonyl (C=O) groups excluding carboxylic acids is 4. The lowest BCUT2D eigenvalue weighted by molar-refractivity contribution is 0.0978. The molecule has 0 spiro atoms. The van der Waals surface area contributed by atoms with Gasteiger partial charge in [0.25, 0.3) is 0 Å². The van der Waals surface area contributed by atoms with Gasteiger partial charge in [-0.1, -0.05) is 207 Å². The van der Waals surface area contributed by atoms with Crippen molar-refractivity contribution in [1.29, 1.82) is 0 Å². The quantitative estimate of drug-likeness (QED) is 0.0515. The highest BCUT2D eigenvalue weighted by molar-refractivity contribution is 14.1. The van der Waals surface area contributed by atoms with E-state index in [-0.39, 0.29) is 28.6 Å². The van der Waals surface area contributed by atoms with Crippen LogP contribution in [-0.4, -0.2) is 29.7 Å². The first kappa shape index (κ1) is 58.6. The molecule has 406 valence electrons. The molecule has 2 aliphatic carbocycles. The van der Waals surface area contributed by atoms with Crippen molar-refractivity contribution in [3.63, 3.8) is 0 Å². The molecule has 3 aliphatic rings. The second-order valence-corrected chi connectivity index (χ2v) is 22.6. The Labute approximate surface area is 509 Å². The van der Waals surface area contributed by atoms with E-state index in [9.17, 15) is 24.0 Å². The summed E-state index contributed by atoms with van der Waals surface area (Å²) in [6, 6.07) is 75.2. The minimum absolute atomic E-state index is 0.0205. The molecule has 9 aromatic rings. The fourth-order valence-corrected chi connectivity index (χ4v) is 11.8. The van der Waals surface area contributed by atoms with E-state index in [1.54, 1.807) is 42.1 Å². The Balaban J connectivity index is 0.000000132. The minimum atomic E-state index is -0.0458. The molecular weight excluding hydrogens is 1260 g/mol. The first-order valence-electron chi connectivity index (χ1n) is 26.9. The van der Waals surface area contributed by atoms with Crippen LogP contribution >= 0.6 is 56.9 Å². The van der Waals surface area contributed by atoms with Crippen LogP contribution in [0.3, 0.4) is 0 Å². The highest BCUT2D eigenvalue weighted by atomic mass is 127. The van der Waals surface area contributed by atoms with Gasteiger partial charge in [-0.05, 0) is 142 Å². The van der Waals surface area contributed by atoms with Crippen molar-refractivity contribution < 1.29 is 28.3 Å². The Kier molecular flexibility index (Phi) is 20.1. The zero-order valence-corrected chi connectivity index (χ0v) is 50.5. The summed E-state index contributed by atoms with van der Waals surface area (Å²) in [6.07, 6.45) is 2.89. The van der Waals surface area contributed by atoms with Crippen LogP contribution < -0.4 is 10.2 Å². The van der Waals surface area contributed by atoms with Gasteiger partial charge in [-0.2, -0.15) is 0 Å². The van der Waals surface area contributed by atoms with Crippen LogP contribution in [0.4, 0.5) is 0 Å². The summed E-state index contributed by atoms with van der Waals surface area (Å²) >= 11 is 5.82. The fourth-order valence-electron chi connectivity index (χ4n) is 9.12. The second kappa shape index (κ2) is 28.1. The molecule has 0 aromatic heterocycles. The summed E-state index contributed by atoms with van der Waals surface area (Å²) in [5.41, 5.74) is 11.2. The smallest absolute Gasteiger partial charge is 0.209 e. The molecule has 1 heterocycles. The summed E-state index contributed by atoms with van der Waals surface area (Å²) in [5.74, 6) is 1.49.